The van der Waals surface area contributed by atoms with Crippen molar-refractivity contribution in [3.8, 4) is 0 Å². The van der Waals surface area contributed by atoms with Gasteiger partial charge in [-0.05, 0) is 51.4 Å². The number of rotatable bonds is 55. The van der Waals surface area contributed by atoms with Crippen LogP contribution in [0.5, 0.6) is 0 Å². The van der Waals surface area contributed by atoms with Gasteiger partial charge in [0.15, 0.2) is 18.9 Å². The number of ether oxygens (including phenoxy) is 6. The number of carbonyl (C=O) groups excluding carboxylic acids is 1. The van der Waals surface area contributed by atoms with Gasteiger partial charge in [-0.2, -0.15) is 0 Å². The molecule has 89 heavy (non-hydrogen) atoms. The van der Waals surface area contributed by atoms with Crippen LogP contribution in [-0.4, -0.2) is 193 Å². The molecule has 19 nitrogen and oxygen atoms in total. The van der Waals surface area contributed by atoms with Gasteiger partial charge in [-0.3, -0.25) is 4.79 Å². The summed E-state index contributed by atoms with van der Waals surface area (Å²) in [7, 11) is 0. The zero-order valence-corrected chi connectivity index (χ0v) is 55.2. The first-order valence-corrected chi connectivity index (χ1v) is 35.7. The second-order valence-electron chi connectivity index (χ2n) is 25.7. The van der Waals surface area contributed by atoms with Gasteiger partial charge in [-0.15, -0.1) is 0 Å². The summed E-state index contributed by atoms with van der Waals surface area (Å²) in [5, 5.41) is 121. The van der Waals surface area contributed by atoms with Gasteiger partial charge in [-0.1, -0.05) is 249 Å². The number of allylic oxidation sites excluding steroid dienone is 5. The molecule has 0 bridgehead atoms. The van der Waals surface area contributed by atoms with Crippen molar-refractivity contribution in [2.45, 2.75) is 375 Å². The predicted molar refractivity (Wildman–Crippen MR) is 346 cm³/mol. The lowest BCUT2D eigenvalue weighted by Crippen LogP contribution is -2.66. The van der Waals surface area contributed by atoms with Crippen molar-refractivity contribution in [1.29, 1.82) is 0 Å². The van der Waals surface area contributed by atoms with E-state index in [4.69, 9.17) is 28.4 Å². The Morgan fingerprint density at radius 1 is 0.404 bits per heavy atom. The molecule has 0 aromatic carbocycles. The summed E-state index contributed by atoms with van der Waals surface area (Å²) in [6, 6.07) is -0.976. The van der Waals surface area contributed by atoms with Gasteiger partial charge < -0.3 is 89.9 Å². The average Bonchev–Trinajstić information content (AvgIpc) is 2.46. The Labute approximate surface area is 536 Å². The summed E-state index contributed by atoms with van der Waals surface area (Å²) in [5.74, 6) is -0.278. The van der Waals surface area contributed by atoms with E-state index in [1.165, 1.54) is 180 Å². The van der Waals surface area contributed by atoms with Crippen LogP contribution in [0.25, 0.3) is 0 Å². The van der Waals surface area contributed by atoms with Gasteiger partial charge >= 0.3 is 0 Å². The molecule has 3 rings (SSSR count). The Morgan fingerprint density at radius 2 is 0.742 bits per heavy atom. The Hall–Kier alpha value is -1.99. The van der Waals surface area contributed by atoms with Gasteiger partial charge in [0.25, 0.3) is 0 Å². The van der Waals surface area contributed by atoms with Gasteiger partial charge in [0, 0.05) is 6.42 Å². The molecule has 3 aliphatic heterocycles. The molecule has 522 valence electrons. The summed E-state index contributed by atoms with van der Waals surface area (Å²) in [6.07, 6.45) is 34.0. The minimum Gasteiger partial charge on any atom is -0.394 e. The SMILES string of the molecule is CCCCC/C=C\C/C=C\CCCCCCCCCCCC(=O)NC(COC1OC(CO)C(OC2OC(CO)C(OC3OC(CO)C(O)C(O)C3O)C(O)C2O)C(O)C1O)C(O)/C=C/CCCCCCCCCCCCCCCCCCCCCCCCC. The van der Waals surface area contributed by atoms with Crippen molar-refractivity contribution in [1.82, 2.24) is 5.32 Å². The maximum atomic E-state index is 13.4. The Balaban J connectivity index is 1.43. The van der Waals surface area contributed by atoms with Crippen molar-refractivity contribution < 1.29 is 89.4 Å². The van der Waals surface area contributed by atoms with Crippen molar-refractivity contribution in [3.63, 3.8) is 0 Å². The Morgan fingerprint density at radius 3 is 1.17 bits per heavy atom. The van der Waals surface area contributed by atoms with Crippen molar-refractivity contribution in [2.24, 2.45) is 0 Å². The first-order chi connectivity index (χ1) is 43.3. The fraction of sp³-hybridized carbons (Fsp3) is 0.900. The number of hydrogen-bond acceptors (Lipinski definition) is 18. The van der Waals surface area contributed by atoms with Gasteiger partial charge in [0.05, 0.1) is 38.6 Å². The lowest BCUT2D eigenvalue weighted by Gasteiger charge is -2.48. The molecule has 3 fully saturated rings. The molecule has 1 amide bonds. The number of nitrogens with one attached hydrogen (secondary N) is 1. The van der Waals surface area contributed by atoms with Crippen LogP contribution in [0, 0.1) is 0 Å². The summed E-state index contributed by atoms with van der Waals surface area (Å²) in [5.41, 5.74) is 0. The fourth-order valence-corrected chi connectivity index (χ4v) is 12.1. The third-order valence-electron chi connectivity index (χ3n) is 17.9. The van der Waals surface area contributed by atoms with Crippen molar-refractivity contribution in [3.05, 3.63) is 36.5 Å². The number of hydrogen-bond donors (Lipinski definition) is 12. The minimum absolute atomic E-state index is 0.239. The van der Waals surface area contributed by atoms with Crippen LogP contribution in [0.2, 0.25) is 0 Å². The number of amides is 1. The molecule has 0 radical (unpaired) electrons. The van der Waals surface area contributed by atoms with E-state index in [0.717, 1.165) is 64.2 Å². The number of carbonyl (C=O) groups is 1. The highest BCUT2D eigenvalue weighted by Gasteiger charge is 2.53. The highest BCUT2D eigenvalue weighted by molar-refractivity contribution is 5.76. The molecule has 17 unspecified atom stereocenters. The lowest BCUT2D eigenvalue weighted by atomic mass is 9.96. The van der Waals surface area contributed by atoms with Crippen LogP contribution in [0.15, 0.2) is 36.5 Å². The second kappa shape index (κ2) is 52.3. The van der Waals surface area contributed by atoms with Gasteiger partial charge in [0.2, 0.25) is 5.91 Å². The normalized spacial score (nSPS) is 28.4. The minimum atomic E-state index is -1.98. The predicted octanol–water partition coefficient (Wildman–Crippen LogP) is 9.61. The third-order valence-corrected chi connectivity index (χ3v) is 17.9. The van der Waals surface area contributed by atoms with Crippen molar-refractivity contribution >= 4 is 5.91 Å². The topological polar surface area (TPSA) is 307 Å². The standard InChI is InChI=1S/C70H129NO18/c1-3-5-7-9-11-13-15-17-19-21-23-24-25-26-27-28-30-31-33-35-37-39-41-43-45-47-54(75)53(71-58(76)48-46-44-42-40-38-36-34-32-29-22-20-18-16-14-12-10-8-6-4-2)52-84-68-64(82)61(79)66(56(50-73)86-68)89-70-65(83)62(80)67(57(51-74)87-70)88-69-63(81)60(78)59(77)55(49-72)85-69/h12,14,18,20,45,47,53-57,59-70,72-75,77-83H,3-11,13,15-17,19,21-44,46,48-52H2,1-2H3,(H,71,76)/b14-12-,20-18-,47-45+. The van der Waals surface area contributed by atoms with Crippen LogP contribution in [0.4, 0.5) is 0 Å². The Kier molecular flexibility index (Phi) is 47.7. The molecular weight excluding hydrogens is 1140 g/mol. The summed E-state index contributed by atoms with van der Waals surface area (Å²) < 4.78 is 34.4. The van der Waals surface area contributed by atoms with E-state index < -0.39 is 124 Å². The largest absolute Gasteiger partial charge is 0.394 e. The van der Waals surface area contributed by atoms with Gasteiger partial charge in [-0.25, -0.2) is 0 Å². The van der Waals surface area contributed by atoms with Crippen LogP contribution in [-0.2, 0) is 33.2 Å². The fourth-order valence-electron chi connectivity index (χ4n) is 12.1. The summed E-state index contributed by atoms with van der Waals surface area (Å²) in [4.78, 5) is 13.4. The van der Waals surface area contributed by atoms with E-state index in [2.05, 4.69) is 43.5 Å². The molecule has 17 atom stereocenters. The molecule has 3 aliphatic rings. The quantitative estimate of drug-likeness (QED) is 0.0199. The molecule has 0 saturated carbocycles. The molecule has 0 aromatic rings. The molecule has 19 heteroatoms. The summed E-state index contributed by atoms with van der Waals surface area (Å²) in [6.45, 7) is 1.73. The van der Waals surface area contributed by atoms with Crippen LogP contribution in [0.3, 0.4) is 0 Å². The monoisotopic (exact) mass is 1270 g/mol. The molecule has 3 saturated heterocycles. The molecule has 0 aromatic heterocycles. The van der Waals surface area contributed by atoms with E-state index >= 15 is 0 Å². The average molecular weight is 1270 g/mol. The first-order valence-electron chi connectivity index (χ1n) is 35.7. The molecule has 3 heterocycles. The summed E-state index contributed by atoms with van der Waals surface area (Å²) >= 11 is 0. The smallest absolute Gasteiger partial charge is 0.220 e. The molecule has 0 aliphatic carbocycles. The Bertz CT molecular complexity index is 1760. The lowest BCUT2D eigenvalue weighted by molar-refractivity contribution is -0.379. The van der Waals surface area contributed by atoms with E-state index in [-0.39, 0.29) is 18.9 Å². The molecule has 0 spiro atoms. The van der Waals surface area contributed by atoms with Crippen LogP contribution < -0.4 is 5.32 Å². The zero-order valence-electron chi connectivity index (χ0n) is 55.2. The van der Waals surface area contributed by atoms with E-state index in [1.807, 2.05) is 6.08 Å². The van der Waals surface area contributed by atoms with E-state index in [9.17, 15) is 61.0 Å². The van der Waals surface area contributed by atoms with Gasteiger partial charge in [0.1, 0.15) is 73.2 Å². The third kappa shape index (κ3) is 34.3. The van der Waals surface area contributed by atoms with Crippen molar-refractivity contribution in [2.75, 3.05) is 26.4 Å². The number of unbranched alkanes of at least 4 members (excludes halogenated alkanes) is 35. The number of aliphatic hydroxyl groups is 11. The van der Waals surface area contributed by atoms with E-state index in [0.29, 0.717) is 6.42 Å². The zero-order chi connectivity index (χ0) is 64.7. The van der Waals surface area contributed by atoms with Crippen LogP contribution >= 0.6 is 0 Å². The first kappa shape index (κ1) is 81.2. The van der Waals surface area contributed by atoms with Crippen LogP contribution in [0.1, 0.15) is 271 Å². The van der Waals surface area contributed by atoms with E-state index in [1.54, 1.807) is 6.08 Å². The highest BCUT2D eigenvalue weighted by Crippen LogP contribution is 2.33. The molecular formula is C70H129NO18. The maximum Gasteiger partial charge on any atom is 0.220 e. The highest BCUT2D eigenvalue weighted by atomic mass is 16.8. The molecule has 12 N–H and O–H groups in total. The maximum absolute atomic E-state index is 13.4. The number of aliphatic hydroxyl groups excluding tert-OH is 11. The second-order valence-corrected chi connectivity index (χ2v) is 25.7.